The van der Waals surface area contributed by atoms with Gasteiger partial charge in [-0.1, -0.05) is 0 Å². The average Bonchev–Trinajstić information content (AvgIpc) is 1.88. The molecule has 1 rings (SSSR count). The molecular formula is C6H5N2O. The fraction of sp³-hybridized carbons (Fsp3) is 0. The van der Waals surface area contributed by atoms with Crippen molar-refractivity contribution in [2.45, 2.75) is 0 Å². The van der Waals surface area contributed by atoms with E-state index in [1.165, 1.54) is 12.3 Å². The quantitative estimate of drug-likeness (QED) is 0.574. The molecule has 0 atom stereocenters. The maximum atomic E-state index is 9.92. The summed E-state index contributed by atoms with van der Waals surface area (Å²) < 4.78 is 0. The number of aromatic nitrogens is 1. The first-order valence-corrected chi connectivity index (χ1v) is 2.42. The van der Waals surface area contributed by atoms with Gasteiger partial charge in [0, 0.05) is 11.9 Å². The van der Waals surface area contributed by atoms with Crippen molar-refractivity contribution in [3.8, 4) is 0 Å². The molecule has 0 saturated carbocycles. The van der Waals surface area contributed by atoms with Crippen LogP contribution in [0.4, 0.5) is 5.69 Å². The van der Waals surface area contributed by atoms with Crippen molar-refractivity contribution in [1.82, 2.24) is 4.98 Å². The molecule has 9 heavy (non-hydrogen) atoms. The number of nitrogen functional groups attached to an aromatic ring is 1. The molecule has 0 amide bonds. The predicted octanol–water partition coefficient (Wildman–Crippen LogP) is 0.122. The number of rotatable bonds is 1. The first kappa shape index (κ1) is 5.75. The lowest BCUT2D eigenvalue weighted by atomic mass is 10.3. The average molecular weight is 121 g/mol. The maximum Gasteiger partial charge on any atom is 0.253 e. The zero-order valence-corrected chi connectivity index (χ0v) is 4.66. The summed E-state index contributed by atoms with van der Waals surface area (Å²) in [6.45, 7) is 0. The summed E-state index contributed by atoms with van der Waals surface area (Å²) >= 11 is 0. The van der Waals surface area contributed by atoms with E-state index in [0.29, 0.717) is 5.69 Å². The second kappa shape index (κ2) is 2.26. The fourth-order valence-electron chi connectivity index (χ4n) is 0.503. The Kier molecular flexibility index (Phi) is 1.44. The van der Waals surface area contributed by atoms with E-state index < -0.39 is 0 Å². The van der Waals surface area contributed by atoms with E-state index in [0.717, 1.165) is 0 Å². The third-order valence-electron chi connectivity index (χ3n) is 0.889. The van der Waals surface area contributed by atoms with Crippen LogP contribution in [0, 0.1) is 0 Å². The smallest absolute Gasteiger partial charge is 0.253 e. The van der Waals surface area contributed by atoms with Crippen LogP contribution in [0.25, 0.3) is 0 Å². The lowest BCUT2D eigenvalue weighted by Gasteiger charge is -1.88. The Morgan fingerprint density at radius 1 is 1.67 bits per heavy atom. The van der Waals surface area contributed by atoms with Gasteiger partial charge in [0.25, 0.3) is 6.29 Å². The zero-order valence-electron chi connectivity index (χ0n) is 4.66. The Morgan fingerprint density at radius 3 is 2.89 bits per heavy atom. The van der Waals surface area contributed by atoms with Crippen LogP contribution in [0.15, 0.2) is 18.3 Å². The van der Waals surface area contributed by atoms with Crippen molar-refractivity contribution in [2.24, 2.45) is 0 Å². The topological polar surface area (TPSA) is 56.0 Å². The van der Waals surface area contributed by atoms with Gasteiger partial charge in [0.1, 0.15) is 5.69 Å². The van der Waals surface area contributed by atoms with E-state index in [9.17, 15) is 4.79 Å². The van der Waals surface area contributed by atoms with Crippen molar-refractivity contribution in [3.05, 3.63) is 24.0 Å². The Morgan fingerprint density at radius 2 is 2.44 bits per heavy atom. The molecule has 2 N–H and O–H groups in total. The zero-order chi connectivity index (χ0) is 6.69. The molecule has 0 saturated heterocycles. The number of pyridine rings is 1. The van der Waals surface area contributed by atoms with Crippen molar-refractivity contribution < 1.29 is 4.79 Å². The minimum absolute atomic E-state index is 0.245. The van der Waals surface area contributed by atoms with Gasteiger partial charge in [0.15, 0.2) is 0 Å². The van der Waals surface area contributed by atoms with Crippen LogP contribution in [-0.4, -0.2) is 11.3 Å². The van der Waals surface area contributed by atoms with Gasteiger partial charge in [0.05, 0.1) is 0 Å². The van der Waals surface area contributed by atoms with E-state index in [1.54, 1.807) is 12.4 Å². The molecule has 3 nitrogen and oxygen atoms in total. The molecule has 45 valence electrons. The first-order valence-electron chi connectivity index (χ1n) is 2.42. The summed E-state index contributed by atoms with van der Waals surface area (Å²) in [7, 11) is 0. The maximum absolute atomic E-state index is 9.92. The summed E-state index contributed by atoms with van der Waals surface area (Å²) in [6.07, 6.45) is 3.09. The number of nitrogens with zero attached hydrogens (tertiary/aromatic N) is 1. The molecule has 0 fully saturated rings. The van der Waals surface area contributed by atoms with Crippen LogP contribution in [-0.2, 0) is 4.79 Å². The van der Waals surface area contributed by atoms with E-state index in [-0.39, 0.29) is 5.69 Å². The summed E-state index contributed by atoms with van der Waals surface area (Å²) in [6, 6.07) is 3.08. The third-order valence-corrected chi connectivity index (χ3v) is 0.889. The highest BCUT2D eigenvalue weighted by Gasteiger charge is 1.89. The predicted molar refractivity (Wildman–Crippen MR) is 33.4 cm³/mol. The first-order chi connectivity index (χ1) is 4.33. The standard InChI is InChI=1S/C6H5N2O/c7-5-1-2-8-6(3-5)4-9/h1-3H,(H2,7,8). The Bertz CT molecular complexity index is 222. The van der Waals surface area contributed by atoms with E-state index in [4.69, 9.17) is 5.73 Å². The molecule has 0 spiro atoms. The second-order valence-electron chi connectivity index (χ2n) is 1.58. The summed E-state index contributed by atoms with van der Waals surface area (Å²) in [5.41, 5.74) is 6.09. The lowest BCUT2D eigenvalue weighted by molar-refractivity contribution is 0.561. The monoisotopic (exact) mass is 121 g/mol. The molecule has 0 unspecified atom stereocenters. The van der Waals surface area contributed by atoms with Gasteiger partial charge < -0.3 is 5.73 Å². The summed E-state index contributed by atoms with van der Waals surface area (Å²) in [5.74, 6) is 0. The molecule has 1 aromatic rings. The number of anilines is 1. The molecule has 1 heterocycles. The second-order valence-corrected chi connectivity index (χ2v) is 1.58. The van der Waals surface area contributed by atoms with Crippen LogP contribution < -0.4 is 5.73 Å². The third kappa shape index (κ3) is 1.25. The van der Waals surface area contributed by atoms with Crippen LogP contribution in [0.3, 0.4) is 0 Å². The highest BCUT2D eigenvalue weighted by molar-refractivity contribution is 5.73. The molecule has 0 aliphatic rings. The Labute approximate surface area is 52.5 Å². The minimum atomic E-state index is 0.245. The van der Waals surface area contributed by atoms with Crippen LogP contribution >= 0.6 is 0 Å². The highest BCUT2D eigenvalue weighted by Crippen LogP contribution is 1.98. The molecule has 0 bridgehead atoms. The van der Waals surface area contributed by atoms with Gasteiger partial charge >= 0.3 is 0 Å². The van der Waals surface area contributed by atoms with Crippen molar-refractivity contribution in [3.63, 3.8) is 0 Å². The van der Waals surface area contributed by atoms with E-state index >= 15 is 0 Å². The molecule has 0 aliphatic carbocycles. The number of hydrogen-bond acceptors (Lipinski definition) is 3. The molecule has 0 aromatic carbocycles. The van der Waals surface area contributed by atoms with E-state index in [1.807, 2.05) is 0 Å². The van der Waals surface area contributed by atoms with Gasteiger partial charge in [-0.05, 0) is 12.1 Å². The number of hydrogen-bond donors (Lipinski definition) is 1. The summed E-state index contributed by atoms with van der Waals surface area (Å²) in [5, 5.41) is 0. The normalized spacial score (nSPS) is 8.89. The van der Waals surface area contributed by atoms with Gasteiger partial charge in [-0.3, -0.25) is 9.78 Å². The van der Waals surface area contributed by atoms with Crippen molar-refractivity contribution in [2.75, 3.05) is 5.73 Å². The Balaban J connectivity index is 3.07. The minimum Gasteiger partial charge on any atom is -0.399 e. The fourth-order valence-corrected chi connectivity index (χ4v) is 0.503. The van der Waals surface area contributed by atoms with Crippen molar-refractivity contribution >= 4 is 12.0 Å². The highest BCUT2D eigenvalue weighted by atomic mass is 16.1. The Hall–Kier alpha value is -1.38. The SMILES string of the molecule is Nc1ccnc([C]=O)c1. The summed E-state index contributed by atoms with van der Waals surface area (Å²) in [4.78, 5) is 13.6. The molecule has 1 aromatic heterocycles. The molecule has 0 aliphatic heterocycles. The lowest BCUT2D eigenvalue weighted by Crippen LogP contribution is -1.89. The molecule has 1 radical (unpaired) electrons. The number of carbonyl (C=O) groups excluding carboxylic acids is 1. The van der Waals surface area contributed by atoms with Crippen molar-refractivity contribution in [1.29, 1.82) is 0 Å². The van der Waals surface area contributed by atoms with Crippen LogP contribution in [0.5, 0.6) is 0 Å². The largest absolute Gasteiger partial charge is 0.399 e. The van der Waals surface area contributed by atoms with Crippen LogP contribution in [0.1, 0.15) is 5.69 Å². The van der Waals surface area contributed by atoms with Crippen LogP contribution in [0.2, 0.25) is 0 Å². The molecule has 3 heteroatoms. The molecular weight excluding hydrogens is 116 g/mol. The van der Waals surface area contributed by atoms with Gasteiger partial charge in [0.2, 0.25) is 0 Å². The van der Waals surface area contributed by atoms with Gasteiger partial charge in [-0.15, -0.1) is 0 Å². The van der Waals surface area contributed by atoms with Gasteiger partial charge in [-0.25, -0.2) is 0 Å². The number of nitrogens with two attached hydrogens (primary N) is 1. The van der Waals surface area contributed by atoms with E-state index in [2.05, 4.69) is 4.98 Å². The van der Waals surface area contributed by atoms with Gasteiger partial charge in [-0.2, -0.15) is 0 Å².